The van der Waals surface area contributed by atoms with Gasteiger partial charge >= 0.3 is 0 Å². The first-order valence-electron chi connectivity index (χ1n) is 8.41. The van der Waals surface area contributed by atoms with Crippen molar-refractivity contribution >= 4 is 0 Å². The van der Waals surface area contributed by atoms with Gasteiger partial charge in [-0.25, -0.2) is 0 Å². The van der Waals surface area contributed by atoms with Gasteiger partial charge in [-0.3, -0.25) is 9.88 Å². The van der Waals surface area contributed by atoms with Crippen LogP contribution in [0.4, 0.5) is 0 Å². The topological polar surface area (TPSA) is 39.9 Å². The quantitative estimate of drug-likeness (QED) is 0.714. The fourth-order valence-corrected chi connectivity index (χ4v) is 3.27. The lowest BCUT2D eigenvalue weighted by molar-refractivity contribution is 0.158. The molecule has 1 rings (SSSR count). The van der Waals surface area contributed by atoms with Gasteiger partial charge in [-0.05, 0) is 58.6 Å². The van der Waals surface area contributed by atoms with Gasteiger partial charge in [-0.2, -0.15) is 5.26 Å². The Hall–Kier alpha value is -1.40. The Morgan fingerprint density at radius 2 is 1.77 bits per heavy atom. The standard InChI is InChI=1S/C19H31N3/c1-15(2)13-19(14-20,18-9-7-8-11-21-18)10-12-22(16(3)4)17(5)6/h7-9,11,15-17H,10,12-13H2,1-6H3/t19-/m1/s1. The van der Waals surface area contributed by atoms with Crippen LogP contribution in [0.25, 0.3) is 0 Å². The first kappa shape index (κ1) is 18.6. The van der Waals surface area contributed by atoms with Crippen molar-refractivity contribution in [1.29, 1.82) is 5.26 Å². The lowest BCUT2D eigenvalue weighted by Crippen LogP contribution is -2.41. The molecule has 0 aromatic carbocycles. The van der Waals surface area contributed by atoms with E-state index in [1.54, 1.807) is 6.20 Å². The third-order valence-corrected chi connectivity index (χ3v) is 4.25. The van der Waals surface area contributed by atoms with E-state index in [9.17, 15) is 5.26 Å². The summed E-state index contributed by atoms with van der Waals surface area (Å²) < 4.78 is 0. The molecule has 0 saturated heterocycles. The number of aromatic nitrogens is 1. The Morgan fingerprint density at radius 3 is 2.18 bits per heavy atom. The van der Waals surface area contributed by atoms with E-state index in [4.69, 9.17) is 0 Å². The monoisotopic (exact) mass is 301 g/mol. The maximum absolute atomic E-state index is 9.96. The van der Waals surface area contributed by atoms with Crippen molar-refractivity contribution in [2.24, 2.45) is 5.92 Å². The molecule has 0 amide bonds. The molecule has 0 fully saturated rings. The molecular weight excluding hydrogens is 270 g/mol. The molecule has 1 atom stereocenters. The van der Waals surface area contributed by atoms with Crippen molar-refractivity contribution in [2.45, 2.75) is 71.9 Å². The molecule has 0 aliphatic carbocycles. The van der Waals surface area contributed by atoms with Crippen LogP contribution in [-0.2, 0) is 5.41 Å². The first-order valence-corrected chi connectivity index (χ1v) is 8.41. The van der Waals surface area contributed by atoms with Crippen molar-refractivity contribution < 1.29 is 0 Å². The number of hydrogen-bond donors (Lipinski definition) is 0. The van der Waals surface area contributed by atoms with Gasteiger partial charge in [0.15, 0.2) is 0 Å². The highest BCUT2D eigenvalue weighted by Crippen LogP contribution is 2.33. The number of nitriles is 1. The van der Waals surface area contributed by atoms with E-state index in [-0.39, 0.29) is 0 Å². The Balaban J connectivity index is 3.04. The number of hydrogen-bond acceptors (Lipinski definition) is 3. The maximum Gasteiger partial charge on any atom is 0.101 e. The third-order valence-electron chi connectivity index (χ3n) is 4.25. The van der Waals surface area contributed by atoms with Crippen LogP contribution in [0.2, 0.25) is 0 Å². The predicted molar refractivity (Wildman–Crippen MR) is 92.6 cm³/mol. The summed E-state index contributed by atoms with van der Waals surface area (Å²) in [6, 6.07) is 9.47. The molecule has 0 bridgehead atoms. The fraction of sp³-hybridized carbons (Fsp3) is 0.684. The lowest BCUT2D eigenvalue weighted by Gasteiger charge is -2.35. The lowest BCUT2D eigenvalue weighted by atomic mass is 9.75. The summed E-state index contributed by atoms with van der Waals surface area (Å²) in [4.78, 5) is 6.96. The fourth-order valence-electron chi connectivity index (χ4n) is 3.27. The van der Waals surface area contributed by atoms with Gasteiger partial charge in [0.2, 0.25) is 0 Å². The second kappa shape index (κ2) is 8.29. The number of nitrogens with zero attached hydrogens (tertiary/aromatic N) is 3. The van der Waals surface area contributed by atoms with E-state index in [0.717, 1.165) is 25.1 Å². The molecule has 1 heterocycles. The summed E-state index contributed by atoms with van der Waals surface area (Å²) in [6.45, 7) is 14.2. The van der Waals surface area contributed by atoms with Crippen LogP contribution in [0.1, 0.15) is 60.1 Å². The molecule has 22 heavy (non-hydrogen) atoms. The molecular formula is C19H31N3. The van der Waals surface area contributed by atoms with Gasteiger partial charge < -0.3 is 0 Å². The van der Waals surface area contributed by atoms with Crippen molar-refractivity contribution in [2.75, 3.05) is 6.54 Å². The smallest absolute Gasteiger partial charge is 0.101 e. The summed E-state index contributed by atoms with van der Waals surface area (Å²) in [6.07, 6.45) is 3.48. The average molecular weight is 301 g/mol. The van der Waals surface area contributed by atoms with E-state index in [2.05, 4.69) is 57.5 Å². The van der Waals surface area contributed by atoms with E-state index >= 15 is 0 Å². The zero-order valence-corrected chi connectivity index (χ0v) is 15.0. The zero-order chi connectivity index (χ0) is 16.8. The van der Waals surface area contributed by atoms with Crippen LogP contribution in [0, 0.1) is 17.2 Å². The molecule has 3 heteroatoms. The van der Waals surface area contributed by atoms with E-state index < -0.39 is 5.41 Å². The maximum atomic E-state index is 9.96. The highest BCUT2D eigenvalue weighted by atomic mass is 15.2. The van der Waals surface area contributed by atoms with Crippen LogP contribution >= 0.6 is 0 Å². The highest BCUT2D eigenvalue weighted by molar-refractivity contribution is 5.26. The summed E-state index contributed by atoms with van der Waals surface area (Å²) >= 11 is 0. The van der Waals surface area contributed by atoms with Crippen molar-refractivity contribution in [3.8, 4) is 6.07 Å². The Morgan fingerprint density at radius 1 is 1.14 bits per heavy atom. The van der Waals surface area contributed by atoms with Crippen LogP contribution in [0.3, 0.4) is 0 Å². The summed E-state index contributed by atoms with van der Waals surface area (Å²) in [5.74, 6) is 0.466. The minimum atomic E-state index is -0.489. The minimum absolute atomic E-state index is 0.466. The van der Waals surface area contributed by atoms with E-state index in [1.807, 2.05) is 18.2 Å². The Bertz CT molecular complexity index is 465. The molecule has 0 radical (unpaired) electrons. The van der Waals surface area contributed by atoms with Crippen molar-refractivity contribution in [3.05, 3.63) is 30.1 Å². The van der Waals surface area contributed by atoms with Gasteiger partial charge in [-0.1, -0.05) is 19.9 Å². The van der Waals surface area contributed by atoms with E-state index in [1.165, 1.54) is 0 Å². The minimum Gasteiger partial charge on any atom is -0.298 e. The van der Waals surface area contributed by atoms with Gasteiger partial charge in [-0.15, -0.1) is 0 Å². The molecule has 0 saturated carbocycles. The first-order chi connectivity index (χ1) is 10.3. The molecule has 0 unspecified atom stereocenters. The summed E-state index contributed by atoms with van der Waals surface area (Å²) in [5.41, 5.74) is 0.427. The van der Waals surface area contributed by atoms with Gasteiger partial charge in [0, 0.05) is 24.8 Å². The zero-order valence-electron chi connectivity index (χ0n) is 15.0. The normalized spacial score (nSPS) is 14.6. The summed E-state index contributed by atoms with van der Waals surface area (Å²) in [7, 11) is 0. The SMILES string of the molecule is CC(C)C[C@@](C#N)(CCN(C(C)C)C(C)C)c1ccccn1. The second-order valence-corrected chi connectivity index (χ2v) is 7.18. The van der Waals surface area contributed by atoms with Gasteiger partial charge in [0.25, 0.3) is 0 Å². The highest BCUT2D eigenvalue weighted by Gasteiger charge is 2.35. The molecule has 1 aromatic rings. The average Bonchev–Trinajstić information content (AvgIpc) is 2.46. The molecule has 0 spiro atoms. The molecule has 3 nitrogen and oxygen atoms in total. The Kier molecular flexibility index (Phi) is 7.03. The van der Waals surface area contributed by atoms with Crippen molar-refractivity contribution in [3.63, 3.8) is 0 Å². The molecule has 1 aromatic heterocycles. The Labute approximate surface area is 136 Å². The van der Waals surface area contributed by atoms with Crippen molar-refractivity contribution in [1.82, 2.24) is 9.88 Å². The van der Waals surface area contributed by atoms with Crippen LogP contribution in [0.5, 0.6) is 0 Å². The molecule has 0 aliphatic heterocycles. The number of pyridine rings is 1. The number of rotatable bonds is 8. The van der Waals surface area contributed by atoms with Gasteiger partial charge in [0.05, 0.1) is 11.8 Å². The van der Waals surface area contributed by atoms with Gasteiger partial charge in [0.1, 0.15) is 5.41 Å². The molecule has 122 valence electrons. The summed E-state index contributed by atoms with van der Waals surface area (Å²) in [5, 5.41) is 9.96. The third kappa shape index (κ3) is 4.81. The van der Waals surface area contributed by atoms with Crippen LogP contribution in [0.15, 0.2) is 24.4 Å². The predicted octanol–water partition coefficient (Wildman–Crippen LogP) is 4.40. The van der Waals surface area contributed by atoms with E-state index in [0.29, 0.717) is 18.0 Å². The second-order valence-electron chi connectivity index (χ2n) is 7.18. The largest absolute Gasteiger partial charge is 0.298 e. The van der Waals surface area contributed by atoms with Crippen LogP contribution < -0.4 is 0 Å². The molecule has 0 N–H and O–H groups in total. The molecule has 0 aliphatic rings. The van der Waals surface area contributed by atoms with Crippen LogP contribution in [-0.4, -0.2) is 28.5 Å².